The van der Waals surface area contributed by atoms with Crippen molar-refractivity contribution in [3.05, 3.63) is 23.8 Å². The molecule has 1 atom stereocenters. The van der Waals surface area contributed by atoms with E-state index in [2.05, 4.69) is 71.7 Å². The first kappa shape index (κ1) is 14.5. The average molecular weight is 235 g/mol. The zero-order chi connectivity index (χ0) is 13.3. The average Bonchev–Trinajstić information content (AvgIpc) is 2.15. The monoisotopic (exact) mass is 235 g/mol. The second kappa shape index (κ2) is 4.97. The van der Waals surface area contributed by atoms with Gasteiger partial charge in [-0.15, -0.1) is 0 Å². The van der Waals surface area contributed by atoms with Crippen LogP contribution in [-0.4, -0.2) is 24.0 Å². The molecule has 1 unspecified atom stereocenters. The lowest BCUT2D eigenvalue weighted by Gasteiger charge is -2.35. The normalized spacial score (nSPS) is 21.9. The molecule has 0 N–H and O–H groups in total. The Bertz CT molecular complexity index is 309. The summed E-state index contributed by atoms with van der Waals surface area (Å²) in [7, 11) is 2.22. The summed E-state index contributed by atoms with van der Waals surface area (Å²) in [5.74, 6) is 0.672. The smallest absolute Gasteiger partial charge is 0.0122 e. The minimum atomic E-state index is 0.266. The van der Waals surface area contributed by atoms with Crippen LogP contribution in [0.4, 0.5) is 0 Å². The summed E-state index contributed by atoms with van der Waals surface area (Å²) in [4.78, 5) is 2.44. The first-order valence-corrected chi connectivity index (χ1v) is 6.71. The van der Waals surface area contributed by atoms with Crippen LogP contribution in [0.2, 0.25) is 0 Å². The molecule has 0 heterocycles. The van der Waals surface area contributed by atoms with E-state index in [1.165, 1.54) is 12.0 Å². The van der Waals surface area contributed by atoms with Gasteiger partial charge in [0, 0.05) is 12.1 Å². The molecule has 1 rings (SSSR count). The van der Waals surface area contributed by atoms with Crippen LogP contribution in [0.25, 0.3) is 0 Å². The second-order valence-corrected chi connectivity index (χ2v) is 7.32. The molecule has 98 valence electrons. The molecule has 0 aliphatic heterocycles. The third kappa shape index (κ3) is 4.31. The lowest BCUT2D eigenvalue weighted by Crippen LogP contribution is -2.40. The van der Waals surface area contributed by atoms with Crippen LogP contribution < -0.4 is 0 Å². The highest BCUT2D eigenvalue weighted by atomic mass is 15.2. The Labute approximate surface area is 108 Å². The van der Waals surface area contributed by atoms with E-state index < -0.39 is 0 Å². The lowest BCUT2D eigenvalue weighted by atomic mass is 9.81. The van der Waals surface area contributed by atoms with Gasteiger partial charge in [-0.2, -0.15) is 0 Å². The molecule has 1 aliphatic carbocycles. The molecule has 1 nitrogen and oxygen atoms in total. The van der Waals surface area contributed by atoms with E-state index in [9.17, 15) is 0 Å². The summed E-state index contributed by atoms with van der Waals surface area (Å²) in [5, 5.41) is 0. The van der Waals surface area contributed by atoms with Crippen LogP contribution in [0.5, 0.6) is 0 Å². The molecular weight excluding hydrogens is 206 g/mol. The summed E-state index contributed by atoms with van der Waals surface area (Å²) in [5.41, 5.74) is 2.03. The minimum absolute atomic E-state index is 0.266. The Balaban J connectivity index is 2.55. The van der Waals surface area contributed by atoms with Gasteiger partial charge in [0.2, 0.25) is 0 Å². The van der Waals surface area contributed by atoms with Gasteiger partial charge < -0.3 is 4.90 Å². The van der Waals surface area contributed by atoms with E-state index in [1.807, 2.05) is 0 Å². The van der Waals surface area contributed by atoms with Crippen molar-refractivity contribution in [3.8, 4) is 0 Å². The maximum absolute atomic E-state index is 2.44. The predicted octanol–water partition coefficient (Wildman–Crippen LogP) is 4.27. The quantitative estimate of drug-likeness (QED) is 0.691. The van der Waals surface area contributed by atoms with Gasteiger partial charge >= 0.3 is 0 Å². The van der Waals surface area contributed by atoms with Crippen LogP contribution in [-0.2, 0) is 0 Å². The SMILES string of the molecule is CN(CC1C=CC(C(C)(C)C)=CC1)C(C)(C)C. The number of hydrogen-bond donors (Lipinski definition) is 0. The minimum Gasteiger partial charge on any atom is -0.301 e. The Morgan fingerprint density at radius 1 is 1.18 bits per heavy atom. The molecule has 0 fully saturated rings. The van der Waals surface area contributed by atoms with E-state index in [-0.39, 0.29) is 11.0 Å². The molecule has 0 aromatic carbocycles. The third-order valence-corrected chi connectivity index (χ3v) is 3.71. The number of nitrogens with zero attached hydrogens (tertiary/aromatic N) is 1. The Morgan fingerprint density at radius 3 is 2.12 bits per heavy atom. The maximum atomic E-state index is 2.44. The number of rotatable bonds is 2. The van der Waals surface area contributed by atoms with E-state index in [4.69, 9.17) is 0 Å². The van der Waals surface area contributed by atoms with E-state index in [1.54, 1.807) is 0 Å². The van der Waals surface area contributed by atoms with Crippen molar-refractivity contribution in [2.24, 2.45) is 11.3 Å². The van der Waals surface area contributed by atoms with Crippen LogP contribution in [0.3, 0.4) is 0 Å². The summed E-state index contributed by atoms with van der Waals surface area (Å²) in [6.45, 7) is 14.8. The molecule has 0 saturated heterocycles. The zero-order valence-corrected chi connectivity index (χ0v) is 12.7. The van der Waals surface area contributed by atoms with E-state index >= 15 is 0 Å². The Hall–Kier alpha value is -0.560. The van der Waals surface area contributed by atoms with E-state index in [0.717, 1.165) is 6.54 Å². The fourth-order valence-corrected chi connectivity index (χ4v) is 1.98. The van der Waals surface area contributed by atoms with Gasteiger partial charge in [0.1, 0.15) is 0 Å². The van der Waals surface area contributed by atoms with Gasteiger partial charge in [0.25, 0.3) is 0 Å². The lowest BCUT2D eigenvalue weighted by molar-refractivity contribution is 0.159. The highest BCUT2D eigenvalue weighted by Gasteiger charge is 2.22. The van der Waals surface area contributed by atoms with Crippen LogP contribution >= 0.6 is 0 Å². The molecule has 0 saturated carbocycles. The largest absolute Gasteiger partial charge is 0.301 e. The summed E-state index contributed by atoms with van der Waals surface area (Å²) < 4.78 is 0. The van der Waals surface area contributed by atoms with Crippen molar-refractivity contribution >= 4 is 0 Å². The molecule has 1 heteroatoms. The molecule has 0 bridgehead atoms. The fourth-order valence-electron chi connectivity index (χ4n) is 1.98. The molecule has 0 amide bonds. The van der Waals surface area contributed by atoms with Crippen molar-refractivity contribution in [3.63, 3.8) is 0 Å². The van der Waals surface area contributed by atoms with Crippen molar-refractivity contribution < 1.29 is 0 Å². The molecule has 17 heavy (non-hydrogen) atoms. The van der Waals surface area contributed by atoms with Crippen molar-refractivity contribution in [1.82, 2.24) is 4.90 Å². The van der Waals surface area contributed by atoms with Crippen molar-refractivity contribution in [2.45, 2.75) is 53.5 Å². The van der Waals surface area contributed by atoms with Crippen LogP contribution in [0.1, 0.15) is 48.0 Å². The third-order valence-electron chi connectivity index (χ3n) is 3.71. The first-order valence-electron chi connectivity index (χ1n) is 6.71. The maximum Gasteiger partial charge on any atom is 0.0122 e. The fraction of sp³-hybridized carbons (Fsp3) is 0.750. The molecule has 0 aromatic rings. The summed E-state index contributed by atoms with van der Waals surface area (Å²) >= 11 is 0. The first-order chi connectivity index (χ1) is 7.60. The van der Waals surface area contributed by atoms with Gasteiger partial charge in [-0.3, -0.25) is 0 Å². The Morgan fingerprint density at radius 2 is 1.76 bits per heavy atom. The standard InChI is InChI=1S/C16H29N/c1-15(2,3)14-10-8-13(9-11-14)12-17(7)16(4,5)6/h8,10-11,13H,9,12H2,1-7H3. The molecule has 1 aliphatic rings. The Kier molecular flexibility index (Phi) is 4.24. The molecule has 0 aromatic heterocycles. The van der Waals surface area contributed by atoms with Crippen LogP contribution in [0, 0.1) is 11.3 Å². The molecular formula is C16H29N. The van der Waals surface area contributed by atoms with Crippen LogP contribution in [0.15, 0.2) is 23.8 Å². The number of allylic oxidation sites excluding steroid dienone is 3. The highest BCUT2D eigenvalue weighted by Crippen LogP contribution is 2.31. The summed E-state index contributed by atoms with van der Waals surface area (Å²) in [6, 6.07) is 0. The zero-order valence-electron chi connectivity index (χ0n) is 12.7. The van der Waals surface area contributed by atoms with Gasteiger partial charge in [-0.1, -0.05) is 39.0 Å². The number of hydrogen-bond acceptors (Lipinski definition) is 1. The van der Waals surface area contributed by atoms with Gasteiger partial charge in [-0.25, -0.2) is 0 Å². The van der Waals surface area contributed by atoms with Gasteiger partial charge in [0.05, 0.1) is 0 Å². The topological polar surface area (TPSA) is 3.24 Å². The molecule has 0 spiro atoms. The summed E-state index contributed by atoms with van der Waals surface area (Å²) in [6.07, 6.45) is 8.32. The molecule has 0 radical (unpaired) electrons. The van der Waals surface area contributed by atoms with Gasteiger partial charge in [0.15, 0.2) is 0 Å². The highest BCUT2D eigenvalue weighted by molar-refractivity contribution is 5.28. The van der Waals surface area contributed by atoms with Gasteiger partial charge in [-0.05, 0) is 51.1 Å². The second-order valence-electron chi connectivity index (χ2n) is 7.32. The van der Waals surface area contributed by atoms with Crippen molar-refractivity contribution in [2.75, 3.05) is 13.6 Å². The van der Waals surface area contributed by atoms with E-state index in [0.29, 0.717) is 5.92 Å². The predicted molar refractivity (Wildman–Crippen MR) is 77.2 cm³/mol. The van der Waals surface area contributed by atoms with Crippen molar-refractivity contribution in [1.29, 1.82) is 0 Å².